The van der Waals surface area contributed by atoms with Crippen molar-refractivity contribution in [3.05, 3.63) is 35.9 Å². The Balaban J connectivity index is 0.00000147. The molecule has 3 atom stereocenters. The second kappa shape index (κ2) is 6.83. The van der Waals surface area contributed by atoms with E-state index in [0.29, 0.717) is 11.8 Å². The number of amides is 1. The van der Waals surface area contributed by atoms with Gasteiger partial charge >= 0.3 is 0 Å². The molecule has 5 heteroatoms. The van der Waals surface area contributed by atoms with Gasteiger partial charge in [-0.1, -0.05) is 30.3 Å². The number of rotatable bonds is 3. The molecule has 0 bridgehead atoms. The summed E-state index contributed by atoms with van der Waals surface area (Å²) in [6.07, 6.45) is 2.02. The molecule has 2 heterocycles. The molecule has 2 fully saturated rings. The van der Waals surface area contributed by atoms with Crippen molar-refractivity contribution in [2.24, 2.45) is 11.8 Å². The second-order valence-corrected chi connectivity index (χ2v) is 6.39. The molecule has 0 radical (unpaired) electrons. The summed E-state index contributed by atoms with van der Waals surface area (Å²) in [6, 6.07) is 10.1. The number of likely N-dealkylation sites (tertiary alicyclic amines) is 1. The Kier molecular flexibility index (Phi) is 5.35. The molecule has 0 aliphatic carbocycles. The summed E-state index contributed by atoms with van der Waals surface area (Å²) in [5.41, 5.74) is 1.12. The van der Waals surface area contributed by atoms with E-state index in [9.17, 15) is 4.79 Å². The number of carbonyl (C=O) groups is 1. The fourth-order valence-electron chi connectivity index (χ4n) is 3.21. The van der Waals surface area contributed by atoms with Crippen LogP contribution in [0.1, 0.15) is 10.8 Å². The van der Waals surface area contributed by atoms with Crippen molar-refractivity contribution in [2.45, 2.75) is 5.25 Å². The van der Waals surface area contributed by atoms with Crippen molar-refractivity contribution in [2.75, 3.05) is 32.4 Å². The maximum absolute atomic E-state index is 12.7. The molecule has 20 heavy (non-hydrogen) atoms. The zero-order valence-electron chi connectivity index (χ0n) is 11.6. The maximum Gasteiger partial charge on any atom is 0.240 e. The first-order valence-electron chi connectivity index (χ1n) is 6.87. The number of nitrogens with one attached hydrogen (secondary N) is 1. The third-order valence-electron chi connectivity index (χ3n) is 4.26. The van der Waals surface area contributed by atoms with Crippen LogP contribution in [0.2, 0.25) is 0 Å². The van der Waals surface area contributed by atoms with Crippen molar-refractivity contribution in [3.8, 4) is 0 Å². The van der Waals surface area contributed by atoms with Crippen LogP contribution in [0.4, 0.5) is 0 Å². The third-order valence-corrected chi connectivity index (χ3v) is 5.21. The van der Waals surface area contributed by atoms with Crippen molar-refractivity contribution < 1.29 is 4.79 Å². The van der Waals surface area contributed by atoms with Crippen LogP contribution in [0, 0.1) is 11.8 Å². The molecule has 3 rings (SSSR count). The van der Waals surface area contributed by atoms with Crippen LogP contribution in [0.15, 0.2) is 30.3 Å². The first-order valence-corrected chi connectivity index (χ1v) is 8.15. The van der Waals surface area contributed by atoms with Gasteiger partial charge in [0.05, 0.1) is 0 Å². The van der Waals surface area contributed by atoms with E-state index < -0.39 is 0 Å². The Labute approximate surface area is 130 Å². The molecule has 110 valence electrons. The van der Waals surface area contributed by atoms with Crippen LogP contribution < -0.4 is 5.32 Å². The third kappa shape index (κ3) is 2.97. The summed E-state index contributed by atoms with van der Waals surface area (Å²) >= 11 is 1.64. The SMILES string of the molecule is CSC(C(=O)N1C[C@H]2CNC[C@H]2C1)c1ccccc1.Cl. The van der Waals surface area contributed by atoms with E-state index in [-0.39, 0.29) is 23.6 Å². The van der Waals surface area contributed by atoms with Crippen LogP contribution >= 0.6 is 24.2 Å². The molecule has 0 spiro atoms. The average Bonchev–Trinajstić information content (AvgIpc) is 3.01. The summed E-state index contributed by atoms with van der Waals surface area (Å²) < 4.78 is 0. The highest BCUT2D eigenvalue weighted by Crippen LogP contribution is 2.33. The van der Waals surface area contributed by atoms with E-state index in [0.717, 1.165) is 31.7 Å². The van der Waals surface area contributed by atoms with Crippen LogP contribution in [-0.4, -0.2) is 43.2 Å². The monoisotopic (exact) mass is 312 g/mol. The molecule has 1 aromatic carbocycles. The van der Waals surface area contributed by atoms with Gasteiger partial charge in [-0.2, -0.15) is 0 Å². The molecule has 2 aliphatic rings. The quantitative estimate of drug-likeness (QED) is 0.928. The largest absolute Gasteiger partial charge is 0.341 e. The van der Waals surface area contributed by atoms with Gasteiger partial charge in [-0.25, -0.2) is 0 Å². The molecule has 2 aliphatic heterocycles. The molecular formula is C15H21ClN2OS. The number of nitrogens with zero attached hydrogens (tertiary/aromatic N) is 1. The molecule has 0 aromatic heterocycles. The summed E-state index contributed by atoms with van der Waals surface area (Å²) in [7, 11) is 0. The van der Waals surface area contributed by atoms with Crippen LogP contribution in [0.25, 0.3) is 0 Å². The van der Waals surface area contributed by atoms with Gasteiger partial charge in [0.25, 0.3) is 0 Å². The second-order valence-electron chi connectivity index (χ2n) is 5.45. The van der Waals surface area contributed by atoms with Crippen molar-refractivity contribution >= 4 is 30.1 Å². The fourth-order valence-corrected chi connectivity index (χ4v) is 3.99. The van der Waals surface area contributed by atoms with E-state index in [4.69, 9.17) is 0 Å². The summed E-state index contributed by atoms with van der Waals surface area (Å²) in [5.74, 6) is 1.62. The van der Waals surface area contributed by atoms with E-state index >= 15 is 0 Å². The Bertz CT molecular complexity index is 444. The van der Waals surface area contributed by atoms with Gasteiger partial charge in [-0.3, -0.25) is 4.79 Å². The van der Waals surface area contributed by atoms with Crippen molar-refractivity contribution in [3.63, 3.8) is 0 Å². The fraction of sp³-hybridized carbons (Fsp3) is 0.533. The summed E-state index contributed by atoms with van der Waals surface area (Å²) in [5, 5.41) is 3.37. The Hall–Kier alpha value is -0.710. The van der Waals surface area contributed by atoms with E-state index in [1.165, 1.54) is 0 Å². The van der Waals surface area contributed by atoms with E-state index in [1.54, 1.807) is 11.8 Å². The Morgan fingerprint density at radius 2 is 1.85 bits per heavy atom. The predicted octanol–water partition coefficient (Wildman–Crippen LogP) is 2.19. The van der Waals surface area contributed by atoms with E-state index in [2.05, 4.69) is 22.3 Å². The Morgan fingerprint density at radius 1 is 1.25 bits per heavy atom. The lowest BCUT2D eigenvalue weighted by Crippen LogP contribution is -2.34. The lowest BCUT2D eigenvalue weighted by atomic mass is 10.0. The Morgan fingerprint density at radius 3 is 2.40 bits per heavy atom. The smallest absolute Gasteiger partial charge is 0.240 e. The molecular weight excluding hydrogens is 292 g/mol. The number of hydrogen-bond acceptors (Lipinski definition) is 3. The predicted molar refractivity (Wildman–Crippen MR) is 86.4 cm³/mol. The highest BCUT2D eigenvalue weighted by Gasteiger charge is 2.39. The topological polar surface area (TPSA) is 32.3 Å². The number of hydrogen-bond donors (Lipinski definition) is 1. The normalized spacial score (nSPS) is 25.9. The van der Waals surface area contributed by atoms with Gasteiger partial charge in [0.2, 0.25) is 5.91 Å². The van der Waals surface area contributed by atoms with Gasteiger partial charge in [-0.15, -0.1) is 24.2 Å². The number of thioether (sulfide) groups is 1. The molecule has 1 N–H and O–H groups in total. The molecule has 3 nitrogen and oxygen atoms in total. The van der Waals surface area contributed by atoms with Crippen molar-refractivity contribution in [1.82, 2.24) is 10.2 Å². The highest BCUT2D eigenvalue weighted by atomic mass is 35.5. The van der Waals surface area contributed by atoms with Crippen LogP contribution in [0.5, 0.6) is 0 Å². The van der Waals surface area contributed by atoms with Gasteiger partial charge in [0.15, 0.2) is 0 Å². The maximum atomic E-state index is 12.7. The molecule has 1 aromatic rings. The standard InChI is InChI=1S/C15H20N2OS.ClH/c1-19-14(11-5-3-2-4-6-11)15(18)17-9-12-7-16-8-13(12)10-17;/h2-6,12-14,16H,7-10H2,1H3;1H/t12-,13+,14?;. The molecule has 2 saturated heterocycles. The first kappa shape index (κ1) is 15.7. The molecule has 0 saturated carbocycles. The summed E-state index contributed by atoms with van der Waals surface area (Å²) in [6.45, 7) is 4.01. The minimum absolute atomic E-state index is 0. The molecule has 1 amide bonds. The summed E-state index contributed by atoms with van der Waals surface area (Å²) in [4.78, 5) is 14.8. The van der Waals surface area contributed by atoms with E-state index in [1.807, 2.05) is 24.5 Å². The van der Waals surface area contributed by atoms with Crippen molar-refractivity contribution in [1.29, 1.82) is 0 Å². The minimum atomic E-state index is -0.0482. The van der Waals surface area contributed by atoms with Gasteiger partial charge in [0, 0.05) is 26.2 Å². The van der Waals surface area contributed by atoms with Gasteiger partial charge in [-0.05, 0) is 23.7 Å². The van der Waals surface area contributed by atoms with Gasteiger partial charge in [0.1, 0.15) is 5.25 Å². The van der Waals surface area contributed by atoms with Gasteiger partial charge < -0.3 is 10.2 Å². The highest BCUT2D eigenvalue weighted by molar-refractivity contribution is 7.99. The van der Waals surface area contributed by atoms with Crippen LogP contribution in [-0.2, 0) is 4.79 Å². The average molecular weight is 313 g/mol. The number of benzene rings is 1. The number of halogens is 1. The number of fused-ring (bicyclic) bond motifs is 1. The minimum Gasteiger partial charge on any atom is -0.341 e. The lowest BCUT2D eigenvalue weighted by molar-refractivity contribution is -0.129. The zero-order valence-corrected chi connectivity index (χ0v) is 13.3. The van der Waals surface area contributed by atoms with Crippen LogP contribution in [0.3, 0.4) is 0 Å². The lowest BCUT2D eigenvalue weighted by Gasteiger charge is -2.23. The first-order chi connectivity index (χ1) is 9.29. The zero-order chi connectivity index (χ0) is 13.2. The molecule has 1 unspecified atom stereocenters. The number of carbonyl (C=O) groups excluding carboxylic acids is 1.